The van der Waals surface area contributed by atoms with Gasteiger partial charge in [-0.1, -0.05) is 18.2 Å². The van der Waals surface area contributed by atoms with Crippen LogP contribution < -0.4 is 4.74 Å². The van der Waals surface area contributed by atoms with E-state index in [0.29, 0.717) is 0 Å². The van der Waals surface area contributed by atoms with Crippen molar-refractivity contribution >= 4 is 17.8 Å². The lowest BCUT2D eigenvalue weighted by molar-refractivity contribution is 0.0577. The molecule has 0 bridgehead atoms. The highest BCUT2D eigenvalue weighted by molar-refractivity contribution is 6.21. The second kappa shape index (κ2) is 6.35. The minimum Gasteiger partial charge on any atom is -0.494 e. The van der Waals surface area contributed by atoms with Gasteiger partial charge in [-0.05, 0) is 23.8 Å². The standard InChI is InChI=1S/C18H14FNO5/c1-24-13-8-7-10(14(15(13)19)18(23)25-2)9-20-16(21)11-5-3-4-6-12(11)17(20)22/h3-8H,9H2,1-2H3. The van der Waals surface area contributed by atoms with Gasteiger partial charge in [-0.25, -0.2) is 9.18 Å². The van der Waals surface area contributed by atoms with Crippen molar-refractivity contribution < 1.29 is 28.2 Å². The van der Waals surface area contributed by atoms with Crippen molar-refractivity contribution in [2.45, 2.75) is 6.54 Å². The number of esters is 1. The normalized spacial score (nSPS) is 13.0. The molecule has 6 nitrogen and oxygen atoms in total. The molecule has 0 fully saturated rings. The molecule has 0 atom stereocenters. The molecule has 0 saturated heterocycles. The number of methoxy groups -OCH3 is 2. The van der Waals surface area contributed by atoms with E-state index in [1.807, 2.05) is 0 Å². The highest BCUT2D eigenvalue weighted by atomic mass is 19.1. The number of halogens is 1. The number of carbonyl (C=O) groups is 3. The van der Waals surface area contributed by atoms with E-state index in [4.69, 9.17) is 4.74 Å². The van der Waals surface area contributed by atoms with Gasteiger partial charge in [0.2, 0.25) is 0 Å². The van der Waals surface area contributed by atoms with Crippen LogP contribution in [-0.2, 0) is 11.3 Å². The zero-order valence-electron chi connectivity index (χ0n) is 13.5. The van der Waals surface area contributed by atoms with Crippen molar-refractivity contribution in [1.82, 2.24) is 4.90 Å². The number of fused-ring (bicyclic) bond motifs is 1. The van der Waals surface area contributed by atoms with Crippen LogP contribution in [0.3, 0.4) is 0 Å². The number of hydrogen-bond donors (Lipinski definition) is 0. The fraction of sp³-hybridized carbons (Fsp3) is 0.167. The van der Waals surface area contributed by atoms with Gasteiger partial charge < -0.3 is 9.47 Å². The Hall–Kier alpha value is -3.22. The van der Waals surface area contributed by atoms with E-state index in [1.54, 1.807) is 24.3 Å². The maximum absolute atomic E-state index is 14.5. The molecule has 0 saturated carbocycles. The van der Waals surface area contributed by atoms with Crippen molar-refractivity contribution in [3.8, 4) is 5.75 Å². The van der Waals surface area contributed by atoms with Crippen LogP contribution in [0.1, 0.15) is 36.6 Å². The van der Waals surface area contributed by atoms with Gasteiger partial charge in [-0.3, -0.25) is 14.5 Å². The van der Waals surface area contributed by atoms with Gasteiger partial charge in [0.05, 0.1) is 31.9 Å². The summed E-state index contributed by atoms with van der Waals surface area (Å²) in [6.07, 6.45) is 0. The Labute approximate surface area is 142 Å². The number of nitrogens with zero attached hydrogens (tertiary/aromatic N) is 1. The monoisotopic (exact) mass is 343 g/mol. The van der Waals surface area contributed by atoms with E-state index in [2.05, 4.69) is 4.74 Å². The molecule has 0 aliphatic carbocycles. The molecule has 0 radical (unpaired) electrons. The molecule has 25 heavy (non-hydrogen) atoms. The molecule has 2 aromatic rings. The Morgan fingerprint density at radius 2 is 1.64 bits per heavy atom. The molecule has 0 N–H and O–H groups in total. The summed E-state index contributed by atoms with van der Waals surface area (Å²) < 4.78 is 24.0. The van der Waals surface area contributed by atoms with Crippen LogP contribution in [-0.4, -0.2) is 36.9 Å². The number of carbonyl (C=O) groups excluding carboxylic acids is 3. The van der Waals surface area contributed by atoms with Crippen LogP contribution in [0.4, 0.5) is 4.39 Å². The molecular weight excluding hydrogens is 329 g/mol. The van der Waals surface area contributed by atoms with Gasteiger partial charge in [-0.2, -0.15) is 0 Å². The number of imide groups is 1. The molecule has 0 unspecified atom stereocenters. The molecule has 2 aromatic carbocycles. The van der Waals surface area contributed by atoms with E-state index in [-0.39, 0.29) is 34.5 Å². The van der Waals surface area contributed by atoms with Crippen molar-refractivity contribution in [2.24, 2.45) is 0 Å². The van der Waals surface area contributed by atoms with E-state index in [1.165, 1.54) is 19.2 Å². The third-order valence-electron chi connectivity index (χ3n) is 4.01. The predicted octanol–water partition coefficient (Wildman–Crippen LogP) is 2.42. The van der Waals surface area contributed by atoms with Crippen LogP contribution in [0.15, 0.2) is 36.4 Å². The SMILES string of the molecule is COC(=O)c1c(CN2C(=O)c3ccccc3C2=O)ccc(OC)c1F. The third kappa shape index (κ3) is 2.63. The molecule has 0 aromatic heterocycles. The van der Waals surface area contributed by atoms with Crippen molar-refractivity contribution in [3.05, 3.63) is 64.5 Å². The summed E-state index contributed by atoms with van der Waals surface area (Å²) in [4.78, 5) is 37.8. The first-order chi connectivity index (χ1) is 12.0. The van der Waals surface area contributed by atoms with Crippen LogP contribution in [0.25, 0.3) is 0 Å². The van der Waals surface area contributed by atoms with Crippen LogP contribution >= 0.6 is 0 Å². The zero-order valence-corrected chi connectivity index (χ0v) is 13.5. The summed E-state index contributed by atoms with van der Waals surface area (Å²) in [5, 5.41) is 0. The molecule has 1 aliphatic heterocycles. The van der Waals surface area contributed by atoms with Gasteiger partial charge in [0.25, 0.3) is 11.8 Å². The predicted molar refractivity (Wildman–Crippen MR) is 84.9 cm³/mol. The summed E-state index contributed by atoms with van der Waals surface area (Å²) in [6.45, 7) is -0.252. The maximum atomic E-state index is 14.5. The molecule has 128 valence electrons. The van der Waals surface area contributed by atoms with Crippen molar-refractivity contribution in [2.75, 3.05) is 14.2 Å². The first kappa shape index (κ1) is 16.6. The lowest BCUT2D eigenvalue weighted by Crippen LogP contribution is -2.30. The van der Waals surface area contributed by atoms with Crippen LogP contribution in [0.5, 0.6) is 5.75 Å². The largest absolute Gasteiger partial charge is 0.494 e. The first-order valence-corrected chi connectivity index (χ1v) is 7.38. The minimum atomic E-state index is -0.914. The smallest absolute Gasteiger partial charge is 0.341 e. The Bertz CT molecular complexity index is 858. The number of hydrogen-bond acceptors (Lipinski definition) is 5. The lowest BCUT2D eigenvalue weighted by atomic mass is 10.1. The van der Waals surface area contributed by atoms with Crippen molar-refractivity contribution in [3.63, 3.8) is 0 Å². The van der Waals surface area contributed by atoms with E-state index < -0.39 is 23.6 Å². The second-order valence-electron chi connectivity index (χ2n) is 5.35. The quantitative estimate of drug-likeness (QED) is 0.630. The molecule has 2 amide bonds. The van der Waals surface area contributed by atoms with Gasteiger partial charge in [0.1, 0.15) is 5.56 Å². The van der Waals surface area contributed by atoms with Crippen molar-refractivity contribution in [1.29, 1.82) is 0 Å². The zero-order chi connectivity index (χ0) is 18.1. The van der Waals surface area contributed by atoms with E-state index >= 15 is 0 Å². The summed E-state index contributed by atoms with van der Waals surface area (Å²) in [6, 6.07) is 9.16. The van der Waals surface area contributed by atoms with Crippen LogP contribution in [0.2, 0.25) is 0 Å². The maximum Gasteiger partial charge on any atom is 0.341 e. The van der Waals surface area contributed by atoms with Gasteiger partial charge in [0, 0.05) is 0 Å². The molecule has 0 spiro atoms. The fourth-order valence-electron chi connectivity index (χ4n) is 2.76. The minimum absolute atomic E-state index is 0.133. The first-order valence-electron chi connectivity index (χ1n) is 7.38. The Kier molecular flexibility index (Phi) is 4.22. The number of ether oxygens (including phenoxy) is 2. The number of rotatable bonds is 4. The average Bonchev–Trinajstić information content (AvgIpc) is 2.87. The summed E-state index contributed by atoms with van der Waals surface area (Å²) in [5.74, 6) is -2.93. The highest BCUT2D eigenvalue weighted by Gasteiger charge is 2.36. The lowest BCUT2D eigenvalue weighted by Gasteiger charge is -2.17. The number of benzene rings is 2. The average molecular weight is 343 g/mol. The molecule has 3 rings (SSSR count). The van der Waals surface area contributed by atoms with Gasteiger partial charge >= 0.3 is 5.97 Å². The van der Waals surface area contributed by atoms with Gasteiger partial charge in [-0.15, -0.1) is 0 Å². The molecule has 1 aliphatic rings. The Balaban J connectivity index is 2.02. The van der Waals surface area contributed by atoms with E-state index in [0.717, 1.165) is 12.0 Å². The van der Waals surface area contributed by atoms with E-state index in [9.17, 15) is 18.8 Å². The Morgan fingerprint density at radius 1 is 1.04 bits per heavy atom. The van der Waals surface area contributed by atoms with Gasteiger partial charge in [0.15, 0.2) is 11.6 Å². The molecule has 7 heteroatoms. The summed E-state index contributed by atoms with van der Waals surface area (Å²) >= 11 is 0. The number of amides is 2. The Morgan fingerprint density at radius 3 is 2.16 bits per heavy atom. The third-order valence-corrected chi connectivity index (χ3v) is 4.01. The summed E-state index contributed by atoms with van der Waals surface area (Å²) in [7, 11) is 2.39. The van der Waals surface area contributed by atoms with Crippen LogP contribution in [0, 0.1) is 5.82 Å². The summed E-state index contributed by atoms with van der Waals surface area (Å²) in [5.41, 5.74) is 0.347. The molecule has 1 heterocycles. The topological polar surface area (TPSA) is 72.9 Å². The second-order valence-corrected chi connectivity index (χ2v) is 5.35. The highest BCUT2D eigenvalue weighted by Crippen LogP contribution is 2.29. The molecular formula is C18H14FNO5. The fourth-order valence-corrected chi connectivity index (χ4v) is 2.76.